The van der Waals surface area contributed by atoms with Crippen molar-refractivity contribution in [1.82, 2.24) is 19.2 Å². The number of piperazine rings is 1. The number of carbonyl (C=O) groups excluding carboxylic acids is 1. The standard InChI is InChI=1S/C19H25N5OS/c1-14(25)15-5-7-17(8-6-15)23-11-9-22(10-12-23)13-24-19(26)21(2)18(20-24)16-3-4-16/h5-8,16H,3-4,9-13H2,1-2H3. The van der Waals surface area contributed by atoms with Crippen molar-refractivity contribution in [1.29, 1.82) is 0 Å². The minimum Gasteiger partial charge on any atom is -0.369 e. The van der Waals surface area contributed by atoms with Gasteiger partial charge in [0, 0.05) is 50.4 Å². The molecule has 6 nitrogen and oxygen atoms in total. The highest BCUT2D eigenvalue weighted by atomic mass is 32.1. The lowest BCUT2D eigenvalue weighted by Gasteiger charge is -2.35. The molecule has 2 fully saturated rings. The molecule has 0 radical (unpaired) electrons. The normalized spacial score (nSPS) is 18.3. The van der Waals surface area contributed by atoms with Crippen molar-refractivity contribution in [3.8, 4) is 0 Å². The van der Waals surface area contributed by atoms with E-state index in [4.69, 9.17) is 17.3 Å². The Bertz CT molecular complexity index is 857. The quantitative estimate of drug-likeness (QED) is 0.597. The molecule has 7 heteroatoms. The Morgan fingerprint density at radius 3 is 2.38 bits per heavy atom. The van der Waals surface area contributed by atoms with E-state index < -0.39 is 0 Å². The second-order valence-corrected chi connectivity index (χ2v) is 7.69. The summed E-state index contributed by atoms with van der Waals surface area (Å²) in [7, 11) is 2.03. The third kappa shape index (κ3) is 3.46. The summed E-state index contributed by atoms with van der Waals surface area (Å²) in [5.74, 6) is 1.86. The van der Waals surface area contributed by atoms with E-state index in [0.29, 0.717) is 5.92 Å². The van der Waals surface area contributed by atoms with Crippen LogP contribution in [-0.4, -0.2) is 51.2 Å². The summed E-state index contributed by atoms with van der Waals surface area (Å²) >= 11 is 5.56. The number of ketones is 1. The highest BCUT2D eigenvalue weighted by molar-refractivity contribution is 7.71. The molecule has 0 spiro atoms. The summed E-state index contributed by atoms with van der Waals surface area (Å²) in [6, 6.07) is 7.92. The predicted molar refractivity (Wildman–Crippen MR) is 104 cm³/mol. The van der Waals surface area contributed by atoms with E-state index >= 15 is 0 Å². The molecule has 4 rings (SSSR count). The van der Waals surface area contributed by atoms with Gasteiger partial charge in [0.05, 0.1) is 6.67 Å². The lowest BCUT2D eigenvalue weighted by Crippen LogP contribution is -2.47. The second kappa shape index (κ2) is 6.96. The number of carbonyl (C=O) groups is 1. The average molecular weight is 372 g/mol. The number of nitrogens with zero attached hydrogens (tertiary/aromatic N) is 5. The van der Waals surface area contributed by atoms with Gasteiger partial charge in [-0.3, -0.25) is 9.69 Å². The number of rotatable bonds is 5. The fourth-order valence-electron chi connectivity index (χ4n) is 3.54. The van der Waals surface area contributed by atoms with Crippen molar-refractivity contribution in [3.63, 3.8) is 0 Å². The molecule has 0 amide bonds. The minimum atomic E-state index is 0.110. The number of aromatic nitrogens is 3. The predicted octanol–water partition coefficient (Wildman–Crippen LogP) is 2.81. The van der Waals surface area contributed by atoms with Gasteiger partial charge in [-0.2, -0.15) is 5.10 Å². The first kappa shape index (κ1) is 17.4. The third-order valence-corrected chi connectivity index (χ3v) is 5.85. The van der Waals surface area contributed by atoms with Gasteiger partial charge in [0.15, 0.2) is 10.6 Å². The molecule has 2 aliphatic rings. The molecule has 1 saturated heterocycles. The van der Waals surface area contributed by atoms with Gasteiger partial charge in [-0.25, -0.2) is 4.68 Å². The number of Topliss-reactive ketones (excluding diaryl/α,β-unsaturated/α-hetero) is 1. The van der Waals surface area contributed by atoms with Crippen LogP contribution in [0.15, 0.2) is 24.3 Å². The van der Waals surface area contributed by atoms with Gasteiger partial charge in [-0.1, -0.05) is 0 Å². The first-order valence-electron chi connectivity index (χ1n) is 9.25. The topological polar surface area (TPSA) is 46.3 Å². The van der Waals surface area contributed by atoms with E-state index in [-0.39, 0.29) is 5.78 Å². The summed E-state index contributed by atoms with van der Waals surface area (Å²) in [6.45, 7) is 6.25. The van der Waals surface area contributed by atoms with E-state index in [2.05, 4.69) is 14.4 Å². The molecule has 0 N–H and O–H groups in total. The summed E-state index contributed by atoms with van der Waals surface area (Å²) in [5.41, 5.74) is 1.95. The number of benzene rings is 1. The van der Waals surface area contributed by atoms with Crippen LogP contribution in [0.25, 0.3) is 0 Å². The van der Waals surface area contributed by atoms with Crippen molar-refractivity contribution < 1.29 is 4.79 Å². The lowest BCUT2D eigenvalue weighted by atomic mass is 10.1. The fourth-order valence-corrected chi connectivity index (χ4v) is 3.73. The zero-order valence-corrected chi connectivity index (χ0v) is 16.2. The average Bonchev–Trinajstić information content (AvgIpc) is 3.45. The van der Waals surface area contributed by atoms with E-state index in [0.717, 1.165) is 49.0 Å². The molecule has 26 heavy (non-hydrogen) atoms. The van der Waals surface area contributed by atoms with Crippen LogP contribution in [0.4, 0.5) is 5.69 Å². The van der Waals surface area contributed by atoms with Gasteiger partial charge < -0.3 is 9.47 Å². The van der Waals surface area contributed by atoms with Gasteiger partial charge in [0.2, 0.25) is 0 Å². The van der Waals surface area contributed by atoms with Gasteiger partial charge in [0.1, 0.15) is 5.82 Å². The summed E-state index contributed by atoms with van der Waals surface area (Å²) < 4.78 is 4.86. The molecule has 0 unspecified atom stereocenters. The molecule has 2 heterocycles. The highest BCUT2D eigenvalue weighted by Crippen LogP contribution is 2.38. The summed E-state index contributed by atoms with van der Waals surface area (Å²) in [5, 5.41) is 4.76. The molecule has 1 aromatic heterocycles. The Balaban J connectivity index is 1.37. The number of anilines is 1. The van der Waals surface area contributed by atoms with E-state index in [1.54, 1.807) is 6.92 Å². The van der Waals surface area contributed by atoms with E-state index in [9.17, 15) is 4.79 Å². The van der Waals surface area contributed by atoms with E-state index in [1.807, 2.05) is 36.0 Å². The molecule has 1 saturated carbocycles. The smallest absolute Gasteiger partial charge is 0.198 e. The monoisotopic (exact) mass is 371 g/mol. The first-order chi connectivity index (χ1) is 12.5. The first-order valence-corrected chi connectivity index (χ1v) is 9.66. The van der Waals surface area contributed by atoms with E-state index in [1.165, 1.54) is 18.5 Å². The van der Waals surface area contributed by atoms with Crippen LogP contribution in [0.1, 0.15) is 41.9 Å². The second-order valence-electron chi connectivity index (χ2n) is 7.32. The van der Waals surface area contributed by atoms with Crippen LogP contribution in [0, 0.1) is 4.77 Å². The number of hydrogen-bond acceptors (Lipinski definition) is 5. The molecular weight excluding hydrogens is 346 g/mol. The Hall–Kier alpha value is -1.99. The minimum absolute atomic E-state index is 0.110. The van der Waals surface area contributed by atoms with Crippen LogP contribution < -0.4 is 4.90 Å². The Kier molecular flexibility index (Phi) is 4.67. The molecule has 138 valence electrons. The molecule has 0 bridgehead atoms. The van der Waals surface area contributed by atoms with Crippen molar-refractivity contribution in [3.05, 3.63) is 40.4 Å². The molecular formula is C19H25N5OS. The Morgan fingerprint density at radius 2 is 1.81 bits per heavy atom. The molecule has 2 aromatic rings. The number of hydrogen-bond donors (Lipinski definition) is 0. The Labute approximate surface area is 159 Å². The van der Waals surface area contributed by atoms with Crippen LogP contribution in [0.2, 0.25) is 0 Å². The van der Waals surface area contributed by atoms with Crippen LogP contribution in [0.3, 0.4) is 0 Å². The van der Waals surface area contributed by atoms with Crippen molar-refractivity contribution in [2.75, 3.05) is 31.1 Å². The fraction of sp³-hybridized carbons (Fsp3) is 0.526. The van der Waals surface area contributed by atoms with Gasteiger partial charge >= 0.3 is 0 Å². The highest BCUT2D eigenvalue weighted by Gasteiger charge is 2.29. The molecule has 0 atom stereocenters. The molecule has 1 aliphatic heterocycles. The van der Waals surface area contributed by atoms with Crippen LogP contribution in [0.5, 0.6) is 0 Å². The SMILES string of the molecule is CC(=O)c1ccc(N2CCN(Cn3nc(C4CC4)n(C)c3=S)CC2)cc1. The van der Waals surface area contributed by atoms with Gasteiger partial charge in [-0.15, -0.1) is 0 Å². The summed E-state index contributed by atoms with van der Waals surface area (Å²) in [4.78, 5) is 16.2. The lowest BCUT2D eigenvalue weighted by molar-refractivity contribution is 0.101. The van der Waals surface area contributed by atoms with Gasteiger partial charge in [-0.05, 0) is 56.2 Å². The summed E-state index contributed by atoms with van der Waals surface area (Å²) in [6.07, 6.45) is 2.47. The zero-order chi connectivity index (χ0) is 18.3. The van der Waals surface area contributed by atoms with Crippen molar-refractivity contribution >= 4 is 23.7 Å². The van der Waals surface area contributed by atoms with Crippen molar-refractivity contribution in [2.24, 2.45) is 7.05 Å². The maximum absolute atomic E-state index is 11.4. The third-order valence-electron chi connectivity index (χ3n) is 5.36. The van der Waals surface area contributed by atoms with Crippen molar-refractivity contribution in [2.45, 2.75) is 32.4 Å². The Morgan fingerprint density at radius 1 is 1.15 bits per heavy atom. The van der Waals surface area contributed by atoms with Crippen LogP contribution >= 0.6 is 12.2 Å². The molecule has 1 aromatic carbocycles. The largest absolute Gasteiger partial charge is 0.369 e. The maximum Gasteiger partial charge on any atom is 0.198 e. The molecule has 1 aliphatic carbocycles. The maximum atomic E-state index is 11.4. The van der Waals surface area contributed by atoms with Crippen LogP contribution in [-0.2, 0) is 13.7 Å². The van der Waals surface area contributed by atoms with Gasteiger partial charge in [0.25, 0.3) is 0 Å². The zero-order valence-electron chi connectivity index (χ0n) is 15.4.